The summed E-state index contributed by atoms with van der Waals surface area (Å²) in [6, 6.07) is 9.35. The van der Waals surface area contributed by atoms with E-state index in [4.69, 9.17) is 0 Å². The lowest BCUT2D eigenvalue weighted by atomic mass is 10.0. The van der Waals surface area contributed by atoms with Gasteiger partial charge in [-0.3, -0.25) is 0 Å². The highest BCUT2D eigenvalue weighted by atomic mass is 32.2. The van der Waals surface area contributed by atoms with E-state index in [1.54, 1.807) is 0 Å². The monoisotopic (exact) mass is 250 g/mol. The van der Waals surface area contributed by atoms with Gasteiger partial charge in [-0.2, -0.15) is 0 Å². The molecule has 1 heterocycles. The number of nitrogens with one attached hydrogen (secondary N) is 2. The fraction of sp³-hybridized carbons (Fsp3) is 0.571. The Morgan fingerprint density at radius 1 is 1.41 bits per heavy atom. The van der Waals surface area contributed by atoms with Gasteiger partial charge in [0, 0.05) is 35.7 Å². The van der Waals surface area contributed by atoms with Gasteiger partial charge in [0.25, 0.3) is 0 Å². The number of fused-ring (bicyclic) bond motifs is 1. The Kier molecular flexibility index (Phi) is 4.89. The Bertz CT molecular complexity index is 354. The molecule has 0 aliphatic carbocycles. The van der Waals surface area contributed by atoms with Crippen LogP contribution in [0.4, 0.5) is 0 Å². The third kappa shape index (κ3) is 3.47. The molecule has 94 valence electrons. The molecule has 17 heavy (non-hydrogen) atoms. The van der Waals surface area contributed by atoms with Crippen LogP contribution in [0.25, 0.3) is 0 Å². The van der Waals surface area contributed by atoms with Crippen LogP contribution < -0.4 is 10.6 Å². The topological polar surface area (TPSA) is 24.1 Å². The molecule has 0 aromatic heterocycles. The van der Waals surface area contributed by atoms with Crippen LogP contribution in [0.3, 0.4) is 0 Å². The van der Waals surface area contributed by atoms with E-state index in [9.17, 15) is 0 Å². The summed E-state index contributed by atoms with van der Waals surface area (Å²) in [6.45, 7) is 7.59. The van der Waals surface area contributed by atoms with Crippen LogP contribution in [0, 0.1) is 0 Å². The Morgan fingerprint density at radius 2 is 2.24 bits per heavy atom. The van der Waals surface area contributed by atoms with Crippen LogP contribution in [-0.4, -0.2) is 31.4 Å². The third-order valence-corrected chi connectivity index (χ3v) is 4.46. The van der Waals surface area contributed by atoms with Gasteiger partial charge in [0.05, 0.1) is 0 Å². The predicted molar refractivity (Wildman–Crippen MR) is 75.9 cm³/mol. The van der Waals surface area contributed by atoms with Crippen LogP contribution in [0.15, 0.2) is 29.2 Å². The lowest BCUT2D eigenvalue weighted by molar-refractivity contribution is 0.492. The molecule has 0 spiro atoms. The van der Waals surface area contributed by atoms with E-state index in [0.29, 0.717) is 12.0 Å². The van der Waals surface area contributed by atoms with E-state index in [0.717, 1.165) is 19.6 Å². The zero-order valence-electron chi connectivity index (χ0n) is 10.7. The van der Waals surface area contributed by atoms with Crippen LogP contribution >= 0.6 is 11.8 Å². The number of hydrogen-bond acceptors (Lipinski definition) is 3. The molecule has 1 aromatic rings. The van der Waals surface area contributed by atoms with Gasteiger partial charge in [-0.15, -0.1) is 11.8 Å². The highest BCUT2D eigenvalue weighted by molar-refractivity contribution is 7.99. The summed E-state index contributed by atoms with van der Waals surface area (Å²) in [5, 5.41) is 7.00. The summed E-state index contributed by atoms with van der Waals surface area (Å²) in [5.74, 6) is 1.90. The minimum absolute atomic E-state index is 0.549. The maximum Gasteiger partial charge on any atom is 0.0164 e. The van der Waals surface area contributed by atoms with Gasteiger partial charge in [0.15, 0.2) is 0 Å². The smallest absolute Gasteiger partial charge is 0.0164 e. The van der Waals surface area contributed by atoms with Crippen molar-refractivity contribution in [3.8, 4) is 0 Å². The molecule has 0 saturated heterocycles. The van der Waals surface area contributed by atoms with E-state index in [2.05, 4.69) is 48.7 Å². The number of benzene rings is 1. The first-order chi connectivity index (χ1) is 8.31. The number of thioether (sulfide) groups is 1. The van der Waals surface area contributed by atoms with E-state index < -0.39 is 0 Å². The van der Waals surface area contributed by atoms with Crippen LogP contribution in [0.2, 0.25) is 0 Å². The number of rotatable bonds is 6. The molecule has 1 aliphatic heterocycles. The Balaban J connectivity index is 1.81. The summed E-state index contributed by atoms with van der Waals surface area (Å²) in [7, 11) is 0. The minimum Gasteiger partial charge on any atom is -0.315 e. The predicted octanol–water partition coefficient (Wildman–Crippen LogP) is 2.46. The van der Waals surface area contributed by atoms with E-state index in [1.807, 2.05) is 11.8 Å². The first-order valence-electron chi connectivity index (χ1n) is 6.47. The molecule has 0 amide bonds. The zero-order valence-corrected chi connectivity index (χ0v) is 11.5. The zero-order chi connectivity index (χ0) is 12.1. The van der Waals surface area contributed by atoms with Gasteiger partial charge >= 0.3 is 0 Å². The Morgan fingerprint density at radius 3 is 3.06 bits per heavy atom. The third-order valence-electron chi connectivity index (χ3n) is 3.21. The van der Waals surface area contributed by atoms with Crippen LogP contribution in [0.5, 0.6) is 0 Å². The molecule has 0 radical (unpaired) electrons. The van der Waals surface area contributed by atoms with E-state index >= 15 is 0 Å². The van der Waals surface area contributed by atoms with Gasteiger partial charge in [0.2, 0.25) is 0 Å². The molecule has 2 unspecified atom stereocenters. The van der Waals surface area contributed by atoms with Crippen molar-refractivity contribution >= 4 is 11.8 Å². The van der Waals surface area contributed by atoms with Crippen molar-refractivity contribution in [3.05, 3.63) is 29.8 Å². The van der Waals surface area contributed by atoms with E-state index in [-0.39, 0.29) is 0 Å². The van der Waals surface area contributed by atoms with Crippen LogP contribution in [-0.2, 0) is 0 Å². The molecule has 1 aromatic carbocycles. The summed E-state index contributed by atoms with van der Waals surface area (Å²) < 4.78 is 0. The second-order valence-electron chi connectivity index (χ2n) is 4.66. The fourth-order valence-electron chi connectivity index (χ4n) is 2.17. The second kappa shape index (κ2) is 6.43. The molecule has 2 N–H and O–H groups in total. The van der Waals surface area contributed by atoms with Crippen molar-refractivity contribution in [2.24, 2.45) is 0 Å². The normalized spacial score (nSPS) is 20.2. The average Bonchev–Trinajstić information content (AvgIpc) is 2.77. The first kappa shape index (κ1) is 12.9. The molecular weight excluding hydrogens is 228 g/mol. The van der Waals surface area contributed by atoms with Gasteiger partial charge < -0.3 is 10.6 Å². The maximum atomic E-state index is 3.62. The lowest BCUT2D eigenvalue weighted by Crippen LogP contribution is -2.38. The van der Waals surface area contributed by atoms with E-state index in [1.165, 1.54) is 16.2 Å². The average molecular weight is 250 g/mol. The van der Waals surface area contributed by atoms with Gasteiger partial charge in [-0.25, -0.2) is 0 Å². The van der Waals surface area contributed by atoms with Crippen molar-refractivity contribution < 1.29 is 0 Å². The molecule has 3 heteroatoms. The number of likely N-dealkylation sites (N-methyl/N-ethyl adjacent to an activating group) is 1. The summed E-state index contributed by atoms with van der Waals surface area (Å²) in [4.78, 5) is 1.47. The SMILES string of the molecule is CCNCC(C)NCC1CSc2ccccc21. The summed E-state index contributed by atoms with van der Waals surface area (Å²) in [6.07, 6.45) is 0. The molecule has 2 atom stereocenters. The molecule has 2 nitrogen and oxygen atoms in total. The standard InChI is InChI=1S/C14H22N2S/c1-3-15-8-11(2)16-9-12-10-17-14-7-5-4-6-13(12)14/h4-7,11-12,15-16H,3,8-10H2,1-2H3. The lowest BCUT2D eigenvalue weighted by Gasteiger charge is -2.17. The van der Waals surface area contributed by atoms with Crippen molar-refractivity contribution in [1.29, 1.82) is 0 Å². The summed E-state index contributed by atoms with van der Waals surface area (Å²) in [5.41, 5.74) is 1.53. The maximum absolute atomic E-state index is 3.62. The van der Waals surface area contributed by atoms with Crippen LogP contribution in [0.1, 0.15) is 25.3 Å². The van der Waals surface area contributed by atoms with Crippen molar-refractivity contribution in [2.75, 3.05) is 25.4 Å². The highest BCUT2D eigenvalue weighted by Gasteiger charge is 2.22. The van der Waals surface area contributed by atoms with Gasteiger partial charge in [-0.1, -0.05) is 25.1 Å². The van der Waals surface area contributed by atoms with Crippen molar-refractivity contribution in [3.63, 3.8) is 0 Å². The Labute approximate surface area is 109 Å². The fourth-order valence-corrected chi connectivity index (χ4v) is 3.43. The van der Waals surface area contributed by atoms with Crippen molar-refractivity contribution in [1.82, 2.24) is 10.6 Å². The quantitative estimate of drug-likeness (QED) is 0.811. The molecule has 0 bridgehead atoms. The molecule has 0 saturated carbocycles. The van der Waals surface area contributed by atoms with Gasteiger partial charge in [-0.05, 0) is 25.1 Å². The Hall–Kier alpha value is -0.510. The highest BCUT2D eigenvalue weighted by Crippen LogP contribution is 2.38. The molecular formula is C14H22N2S. The molecule has 0 fully saturated rings. The number of hydrogen-bond donors (Lipinski definition) is 2. The summed E-state index contributed by atoms with van der Waals surface area (Å²) >= 11 is 1.99. The largest absolute Gasteiger partial charge is 0.315 e. The molecule has 2 rings (SSSR count). The first-order valence-corrected chi connectivity index (χ1v) is 7.45. The van der Waals surface area contributed by atoms with Crippen molar-refractivity contribution in [2.45, 2.75) is 30.7 Å². The van der Waals surface area contributed by atoms with Gasteiger partial charge in [0.1, 0.15) is 0 Å². The molecule has 1 aliphatic rings. The minimum atomic E-state index is 0.549. The second-order valence-corrected chi connectivity index (χ2v) is 5.72.